The Labute approximate surface area is 166 Å². The summed E-state index contributed by atoms with van der Waals surface area (Å²) < 4.78 is 70.0. The van der Waals surface area contributed by atoms with Crippen LogP contribution in [0.4, 0.5) is 22.0 Å². The number of hydrogen-bond acceptors (Lipinski definition) is 0. The summed E-state index contributed by atoms with van der Waals surface area (Å²) in [5.41, 5.74) is 2.97. The zero-order valence-corrected chi connectivity index (χ0v) is 15.5. The number of rotatable bonds is 3. The van der Waals surface area contributed by atoms with Crippen molar-refractivity contribution in [3.8, 4) is 0 Å². The molecule has 0 fully saturated rings. The van der Waals surface area contributed by atoms with Gasteiger partial charge in [0.25, 0.3) is 0 Å². The standard InChI is InChI=1S/C24H19F5/c25-20-10-15(14-4-2-1-3-5-14)6-8-18(20)16-7-9-19(21(26)11-16)17-12-22(27)24(29)23(28)13-17/h1-9,12,20-21,23H,10-11,13H2. The van der Waals surface area contributed by atoms with Gasteiger partial charge in [0.15, 0.2) is 17.8 Å². The van der Waals surface area contributed by atoms with Gasteiger partial charge in [-0.3, -0.25) is 0 Å². The van der Waals surface area contributed by atoms with Crippen molar-refractivity contribution in [3.63, 3.8) is 0 Å². The number of allylic oxidation sites excluding steroid dienone is 12. The monoisotopic (exact) mass is 402 g/mol. The average Bonchev–Trinajstić information content (AvgIpc) is 2.72. The molecule has 0 N–H and O–H groups in total. The molecule has 150 valence electrons. The summed E-state index contributed by atoms with van der Waals surface area (Å²) in [6.07, 6.45) is 2.16. The van der Waals surface area contributed by atoms with Crippen molar-refractivity contribution in [1.82, 2.24) is 0 Å². The lowest BCUT2D eigenvalue weighted by atomic mass is 9.81. The van der Waals surface area contributed by atoms with Crippen LogP contribution in [0.1, 0.15) is 24.8 Å². The Balaban J connectivity index is 1.60. The van der Waals surface area contributed by atoms with Crippen LogP contribution in [0.2, 0.25) is 0 Å². The second-order valence-electron chi connectivity index (χ2n) is 7.37. The van der Waals surface area contributed by atoms with Gasteiger partial charge in [-0.05, 0) is 39.5 Å². The molecule has 3 aliphatic rings. The first-order valence-electron chi connectivity index (χ1n) is 9.49. The molecule has 0 saturated heterocycles. The highest BCUT2D eigenvalue weighted by molar-refractivity contribution is 5.70. The highest BCUT2D eigenvalue weighted by Crippen LogP contribution is 2.40. The van der Waals surface area contributed by atoms with E-state index < -0.39 is 36.6 Å². The average molecular weight is 402 g/mol. The number of halogens is 5. The largest absolute Gasteiger partial charge is 0.242 e. The van der Waals surface area contributed by atoms with Crippen LogP contribution in [0.3, 0.4) is 0 Å². The van der Waals surface area contributed by atoms with Crippen molar-refractivity contribution in [1.29, 1.82) is 0 Å². The molecule has 0 heterocycles. The van der Waals surface area contributed by atoms with Gasteiger partial charge in [-0.25, -0.2) is 22.0 Å². The molecule has 29 heavy (non-hydrogen) atoms. The number of hydrogen-bond donors (Lipinski definition) is 0. The van der Waals surface area contributed by atoms with Crippen LogP contribution >= 0.6 is 0 Å². The first-order valence-corrected chi connectivity index (χ1v) is 9.49. The van der Waals surface area contributed by atoms with E-state index in [-0.39, 0.29) is 24.0 Å². The van der Waals surface area contributed by atoms with Crippen LogP contribution in [0, 0.1) is 0 Å². The third kappa shape index (κ3) is 3.91. The fourth-order valence-corrected chi connectivity index (χ4v) is 3.94. The smallest absolute Gasteiger partial charge is 0.170 e. The molecule has 5 heteroatoms. The summed E-state index contributed by atoms with van der Waals surface area (Å²) in [7, 11) is 0. The molecule has 0 amide bonds. The van der Waals surface area contributed by atoms with Gasteiger partial charge in [-0.15, -0.1) is 0 Å². The minimum Gasteiger partial charge on any atom is -0.242 e. The summed E-state index contributed by atoms with van der Waals surface area (Å²) in [5, 5.41) is 0. The van der Waals surface area contributed by atoms with Gasteiger partial charge in [-0.1, -0.05) is 54.6 Å². The van der Waals surface area contributed by atoms with E-state index in [1.807, 2.05) is 36.4 Å². The van der Waals surface area contributed by atoms with Gasteiger partial charge in [0.05, 0.1) is 0 Å². The molecule has 1 aromatic carbocycles. The van der Waals surface area contributed by atoms with E-state index in [1.165, 1.54) is 6.08 Å². The lowest BCUT2D eigenvalue weighted by Gasteiger charge is -2.27. The van der Waals surface area contributed by atoms with Crippen LogP contribution in [-0.2, 0) is 0 Å². The summed E-state index contributed by atoms with van der Waals surface area (Å²) in [6.45, 7) is 0. The summed E-state index contributed by atoms with van der Waals surface area (Å²) in [4.78, 5) is 0. The first kappa shape index (κ1) is 19.6. The summed E-state index contributed by atoms with van der Waals surface area (Å²) in [6, 6.07) is 9.49. The molecule has 0 saturated carbocycles. The lowest BCUT2D eigenvalue weighted by molar-refractivity contribution is 0.302. The predicted molar refractivity (Wildman–Crippen MR) is 105 cm³/mol. The van der Waals surface area contributed by atoms with Crippen LogP contribution in [-0.4, -0.2) is 18.5 Å². The van der Waals surface area contributed by atoms with Crippen molar-refractivity contribution >= 4 is 5.57 Å². The second kappa shape index (κ2) is 7.97. The quantitative estimate of drug-likeness (QED) is 0.471. The molecule has 3 unspecified atom stereocenters. The van der Waals surface area contributed by atoms with Gasteiger partial charge < -0.3 is 0 Å². The van der Waals surface area contributed by atoms with Crippen LogP contribution in [0.25, 0.3) is 5.57 Å². The zero-order valence-electron chi connectivity index (χ0n) is 15.5. The molecule has 3 aliphatic carbocycles. The van der Waals surface area contributed by atoms with Crippen LogP contribution < -0.4 is 0 Å². The van der Waals surface area contributed by atoms with E-state index >= 15 is 0 Å². The maximum atomic E-state index is 14.8. The molecule has 0 radical (unpaired) electrons. The van der Waals surface area contributed by atoms with Gasteiger partial charge >= 0.3 is 0 Å². The molecule has 4 rings (SSSR count). The molecular formula is C24H19F5. The SMILES string of the molecule is FC1=C(F)C(F)CC(C2=CC=C(C3=CC=C(c4ccccc4)CC3F)CC2F)=C1. The van der Waals surface area contributed by atoms with Crippen molar-refractivity contribution in [2.24, 2.45) is 0 Å². The molecule has 0 bridgehead atoms. The normalized spacial score (nSPS) is 27.6. The summed E-state index contributed by atoms with van der Waals surface area (Å²) in [5.74, 6) is -2.76. The van der Waals surface area contributed by atoms with E-state index in [2.05, 4.69) is 0 Å². The van der Waals surface area contributed by atoms with Crippen LogP contribution in [0.5, 0.6) is 0 Å². The van der Waals surface area contributed by atoms with Crippen molar-refractivity contribution < 1.29 is 22.0 Å². The highest BCUT2D eigenvalue weighted by atomic mass is 19.2. The first-order chi connectivity index (χ1) is 13.9. The molecule has 3 atom stereocenters. The van der Waals surface area contributed by atoms with Gasteiger partial charge in [0.2, 0.25) is 0 Å². The van der Waals surface area contributed by atoms with Crippen molar-refractivity contribution in [3.05, 3.63) is 100 Å². The van der Waals surface area contributed by atoms with Crippen molar-refractivity contribution in [2.75, 3.05) is 0 Å². The van der Waals surface area contributed by atoms with Gasteiger partial charge in [0.1, 0.15) is 12.3 Å². The van der Waals surface area contributed by atoms with E-state index in [0.717, 1.165) is 17.2 Å². The number of benzene rings is 1. The lowest BCUT2D eigenvalue weighted by Crippen LogP contribution is -2.20. The molecule has 0 spiro atoms. The summed E-state index contributed by atoms with van der Waals surface area (Å²) >= 11 is 0. The Bertz CT molecular complexity index is 991. The molecular weight excluding hydrogens is 383 g/mol. The van der Waals surface area contributed by atoms with Crippen molar-refractivity contribution in [2.45, 2.75) is 37.8 Å². The minimum absolute atomic E-state index is 0.0886. The topological polar surface area (TPSA) is 0 Å². The predicted octanol–water partition coefficient (Wildman–Crippen LogP) is 7.15. The number of alkyl halides is 3. The van der Waals surface area contributed by atoms with E-state index in [0.29, 0.717) is 11.1 Å². The minimum atomic E-state index is -2.11. The molecule has 1 aromatic rings. The maximum absolute atomic E-state index is 14.8. The Morgan fingerprint density at radius 1 is 0.621 bits per heavy atom. The van der Waals surface area contributed by atoms with E-state index in [1.54, 1.807) is 12.2 Å². The molecule has 0 nitrogen and oxygen atoms in total. The van der Waals surface area contributed by atoms with Gasteiger partial charge in [0, 0.05) is 19.3 Å². The molecule has 0 aromatic heterocycles. The van der Waals surface area contributed by atoms with E-state index in [4.69, 9.17) is 0 Å². The van der Waals surface area contributed by atoms with E-state index in [9.17, 15) is 22.0 Å². The Morgan fingerprint density at radius 3 is 1.79 bits per heavy atom. The van der Waals surface area contributed by atoms with Crippen LogP contribution in [0.15, 0.2) is 94.7 Å². The third-order valence-corrected chi connectivity index (χ3v) is 5.49. The zero-order chi connectivity index (χ0) is 20.5. The fourth-order valence-electron chi connectivity index (χ4n) is 3.94. The Hall–Kier alpha value is -2.69. The fraction of sp³-hybridized carbons (Fsp3) is 0.250. The Kier molecular flexibility index (Phi) is 5.39. The third-order valence-electron chi connectivity index (χ3n) is 5.49. The highest BCUT2D eigenvalue weighted by Gasteiger charge is 2.31. The maximum Gasteiger partial charge on any atom is 0.170 e. The Morgan fingerprint density at radius 2 is 1.17 bits per heavy atom. The molecule has 0 aliphatic heterocycles. The second-order valence-corrected chi connectivity index (χ2v) is 7.37. The van der Waals surface area contributed by atoms with Gasteiger partial charge in [-0.2, -0.15) is 0 Å².